The Balaban J connectivity index is 1.44. The molecule has 5 heteroatoms. The maximum atomic E-state index is 6.23. The van der Waals surface area contributed by atoms with Crippen molar-refractivity contribution in [3.05, 3.63) is 103 Å². The molecule has 2 heterocycles. The first-order chi connectivity index (χ1) is 17.8. The molecular weight excluding hydrogens is 455 g/mol. The molecule has 4 nitrogen and oxygen atoms in total. The van der Waals surface area contributed by atoms with E-state index in [2.05, 4.69) is 94.4 Å². The summed E-state index contributed by atoms with van der Waals surface area (Å²) in [5.74, 6) is 0.692. The molecule has 1 saturated heterocycles. The summed E-state index contributed by atoms with van der Waals surface area (Å²) in [4.78, 5) is 10.1. The first kappa shape index (κ1) is 23.6. The van der Waals surface area contributed by atoms with Gasteiger partial charge in [0, 0.05) is 16.5 Å². The molecule has 0 unspecified atom stereocenters. The Bertz CT molecular complexity index is 1560. The van der Waals surface area contributed by atoms with Crippen LogP contribution in [-0.2, 0) is 9.31 Å². The van der Waals surface area contributed by atoms with Crippen LogP contribution in [0, 0.1) is 0 Å². The molecule has 6 rings (SSSR count). The normalized spacial score (nSPS) is 16.3. The van der Waals surface area contributed by atoms with Gasteiger partial charge in [-0.25, -0.2) is 9.97 Å². The molecule has 4 aromatic carbocycles. The smallest absolute Gasteiger partial charge is 0.399 e. The largest absolute Gasteiger partial charge is 0.494 e. The average molecular weight is 484 g/mol. The second-order valence-corrected chi connectivity index (χ2v) is 10.5. The van der Waals surface area contributed by atoms with Crippen molar-refractivity contribution < 1.29 is 9.31 Å². The van der Waals surface area contributed by atoms with E-state index in [0.29, 0.717) is 5.82 Å². The van der Waals surface area contributed by atoms with Crippen molar-refractivity contribution >= 4 is 23.5 Å². The van der Waals surface area contributed by atoms with Crippen LogP contribution in [0.4, 0.5) is 0 Å². The highest BCUT2D eigenvalue weighted by Crippen LogP contribution is 2.37. The number of rotatable bonds is 4. The van der Waals surface area contributed by atoms with Crippen LogP contribution in [0.5, 0.6) is 0 Å². The minimum atomic E-state index is -0.398. The van der Waals surface area contributed by atoms with Crippen LogP contribution < -0.4 is 5.46 Å². The number of benzene rings is 4. The highest BCUT2D eigenvalue weighted by Gasteiger charge is 2.51. The van der Waals surface area contributed by atoms with Gasteiger partial charge in [-0.2, -0.15) is 0 Å². The van der Waals surface area contributed by atoms with Crippen LogP contribution in [0.3, 0.4) is 0 Å². The molecule has 1 aliphatic heterocycles. The summed E-state index contributed by atoms with van der Waals surface area (Å²) in [6.45, 7) is 8.27. The van der Waals surface area contributed by atoms with E-state index in [1.807, 2.05) is 36.4 Å². The molecule has 1 fully saturated rings. The lowest BCUT2D eigenvalue weighted by Crippen LogP contribution is -2.41. The van der Waals surface area contributed by atoms with E-state index in [-0.39, 0.29) is 11.2 Å². The molecule has 5 aromatic rings. The van der Waals surface area contributed by atoms with E-state index in [9.17, 15) is 0 Å². The van der Waals surface area contributed by atoms with Crippen LogP contribution in [0.1, 0.15) is 27.7 Å². The van der Waals surface area contributed by atoms with Crippen LogP contribution in [0.2, 0.25) is 0 Å². The minimum absolute atomic E-state index is 0.376. The van der Waals surface area contributed by atoms with Gasteiger partial charge >= 0.3 is 7.12 Å². The van der Waals surface area contributed by atoms with Crippen molar-refractivity contribution in [2.45, 2.75) is 38.9 Å². The van der Waals surface area contributed by atoms with Crippen LogP contribution >= 0.6 is 0 Å². The second-order valence-electron chi connectivity index (χ2n) is 10.5. The lowest BCUT2D eigenvalue weighted by molar-refractivity contribution is 0.00578. The molecule has 0 saturated carbocycles. The van der Waals surface area contributed by atoms with Crippen LogP contribution in [0.25, 0.3) is 44.7 Å². The Hall–Kier alpha value is -3.80. The number of hydrogen-bond acceptors (Lipinski definition) is 4. The monoisotopic (exact) mass is 484 g/mol. The third-order valence-electron chi connectivity index (χ3n) is 7.56. The zero-order valence-electron chi connectivity index (χ0n) is 21.6. The Morgan fingerprint density at radius 3 is 1.86 bits per heavy atom. The summed E-state index contributed by atoms with van der Waals surface area (Å²) < 4.78 is 12.5. The third-order valence-corrected chi connectivity index (χ3v) is 7.56. The zero-order valence-corrected chi connectivity index (χ0v) is 21.6. The Morgan fingerprint density at radius 2 is 1.16 bits per heavy atom. The summed E-state index contributed by atoms with van der Waals surface area (Å²) >= 11 is 0. The molecule has 0 aliphatic carbocycles. The predicted molar refractivity (Wildman–Crippen MR) is 152 cm³/mol. The summed E-state index contributed by atoms with van der Waals surface area (Å²) in [6.07, 6.45) is 0. The van der Waals surface area contributed by atoms with Gasteiger partial charge in [-0.1, -0.05) is 97.1 Å². The molecule has 37 heavy (non-hydrogen) atoms. The van der Waals surface area contributed by atoms with Crippen molar-refractivity contribution in [3.63, 3.8) is 0 Å². The fourth-order valence-corrected chi connectivity index (χ4v) is 4.74. The van der Waals surface area contributed by atoms with Gasteiger partial charge in [0.15, 0.2) is 5.82 Å². The number of aromatic nitrogens is 2. The molecule has 1 aliphatic rings. The van der Waals surface area contributed by atoms with E-state index in [4.69, 9.17) is 19.3 Å². The van der Waals surface area contributed by atoms with E-state index >= 15 is 0 Å². The molecule has 0 N–H and O–H groups in total. The van der Waals surface area contributed by atoms with Gasteiger partial charge in [-0.05, 0) is 50.4 Å². The summed E-state index contributed by atoms with van der Waals surface area (Å²) in [6, 6.07) is 35.3. The van der Waals surface area contributed by atoms with E-state index in [0.717, 1.165) is 44.3 Å². The van der Waals surface area contributed by atoms with Gasteiger partial charge in [-0.3, -0.25) is 0 Å². The zero-order chi connectivity index (χ0) is 25.6. The number of para-hydroxylation sites is 1. The van der Waals surface area contributed by atoms with Gasteiger partial charge in [0.1, 0.15) is 0 Å². The first-order valence-corrected chi connectivity index (χ1v) is 12.7. The first-order valence-electron chi connectivity index (χ1n) is 12.7. The van der Waals surface area contributed by atoms with Crippen molar-refractivity contribution in [2.24, 2.45) is 0 Å². The van der Waals surface area contributed by atoms with E-state index in [1.54, 1.807) is 0 Å². The number of hydrogen-bond donors (Lipinski definition) is 0. The second kappa shape index (κ2) is 8.95. The fourth-order valence-electron chi connectivity index (χ4n) is 4.74. The van der Waals surface area contributed by atoms with Gasteiger partial charge in [0.2, 0.25) is 0 Å². The Labute approximate surface area is 218 Å². The average Bonchev–Trinajstić information content (AvgIpc) is 3.15. The Kier molecular flexibility index (Phi) is 5.71. The molecule has 0 atom stereocenters. The summed E-state index contributed by atoms with van der Waals surface area (Å²) in [7, 11) is -0.398. The Morgan fingerprint density at radius 1 is 0.568 bits per heavy atom. The standard InChI is InChI=1S/C32H29BN2O2/c1-31(2)32(3,4)37-33(36-31)24-20-18-23(19-21-24)30-34-28-17-11-10-16-27(28)29(35-30)26-15-9-8-14-25(26)22-12-6-5-7-13-22/h5-21H,1-4H3. The van der Waals surface area contributed by atoms with Crippen molar-refractivity contribution in [3.8, 4) is 33.8 Å². The molecule has 0 spiro atoms. The number of nitrogens with zero attached hydrogens (tertiary/aromatic N) is 2. The van der Waals surface area contributed by atoms with E-state index < -0.39 is 7.12 Å². The van der Waals surface area contributed by atoms with Crippen LogP contribution in [-0.4, -0.2) is 28.3 Å². The fraction of sp³-hybridized carbons (Fsp3) is 0.188. The maximum Gasteiger partial charge on any atom is 0.494 e. The molecule has 1 aromatic heterocycles. The summed E-state index contributed by atoms with van der Waals surface area (Å²) in [5, 5.41) is 1.03. The summed E-state index contributed by atoms with van der Waals surface area (Å²) in [5.41, 5.74) is 6.42. The molecule has 182 valence electrons. The minimum Gasteiger partial charge on any atom is -0.399 e. The van der Waals surface area contributed by atoms with Gasteiger partial charge in [-0.15, -0.1) is 0 Å². The highest BCUT2D eigenvalue weighted by molar-refractivity contribution is 6.62. The lowest BCUT2D eigenvalue weighted by atomic mass is 9.79. The molecule has 0 amide bonds. The highest BCUT2D eigenvalue weighted by atomic mass is 16.7. The van der Waals surface area contributed by atoms with Gasteiger partial charge < -0.3 is 9.31 Å². The molecule has 0 radical (unpaired) electrons. The van der Waals surface area contributed by atoms with Crippen molar-refractivity contribution in [2.75, 3.05) is 0 Å². The van der Waals surface area contributed by atoms with Gasteiger partial charge in [0.25, 0.3) is 0 Å². The van der Waals surface area contributed by atoms with Crippen molar-refractivity contribution in [1.29, 1.82) is 0 Å². The SMILES string of the molecule is CC1(C)OB(c2ccc(-c3nc(-c4ccccc4-c4ccccc4)c4ccccc4n3)cc2)OC1(C)C. The van der Waals surface area contributed by atoms with Gasteiger partial charge in [0.05, 0.1) is 22.4 Å². The lowest BCUT2D eigenvalue weighted by Gasteiger charge is -2.32. The number of fused-ring (bicyclic) bond motifs is 1. The third kappa shape index (κ3) is 4.24. The molecule has 0 bridgehead atoms. The topological polar surface area (TPSA) is 44.2 Å². The predicted octanol–water partition coefficient (Wildman–Crippen LogP) is 6.93. The molecular formula is C32H29BN2O2. The maximum absolute atomic E-state index is 6.23. The van der Waals surface area contributed by atoms with E-state index in [1.165, 1.54) is 0 Å². The quantitative estimate of drug-likeness (QED) is 0.260. The van der Waals surface area contributed by atoms with Crippen molar-refractivity contribution in [1.82, 2.24) is 9.97 Å². The van der Waals surface area contributed by atoms with Crippen LogP contribution in [0.15, 0.2) is 103 Å².